The fourth-order valence-electron chi connectivity index (χ4n) is 3.20. The lowest BCUT2D eigenvalue weighted by Gasteiger charge is -2.16. The van der Waals surface area contributed by atoms with E-state index in [0.717, 1.165) is 40.8 Å². The van der Waals surface area contributed by atoms with Gasteiger partial charge in [0.2, 0.25) is 5.71 Å². The zero-order valence-electron chi connectivity index (χ0n) is 19.4. The number of hydrogen-bond acceptors (Lipinski definition) is 5. The second-order valence-electron chi connectivity index (χ2n) is 7.20. The first-order valence-corrected chi connectivity index (χ1v) is 10.9. The first-order valence-electron chi connectivity index (χ1n) is 10.9. The Hall–Kier alpha value is -3.05. The van der Waals surface area contributed by atoms with Crippen LogP contribution in [0.25, 0.3) is 22.4 Å². The van der Waals surface area contributed by atoms with E-state index in [1.807, 2.05) is 77.5 Å². The van der Waals surface area contributed by atoms with Gasteiger partial charge < -0.3 is 19.7 Å². The zero-order valence-corrected chi connectivity index (χ0v) is 19.4. The van der Waals surface area contributed by atoms with E-state index in [9.17, 15) is 0 Å². The molecule has 31 heavy (non-hydrogen) atoms. The highest BCUT2D eigenvalue weighted by molar-refractivity contribution is 5.80. The Kier molecular flexibility index (Phi) is 9.85. The average molecular weight is 422 g/mol. The molecule has 2 heterocycles. The molecular weight excluding hydrogens is 386 g/mol. The number of fused-ring (bicyclic) bond motifs is 1. The molecule has 0 spiro atoms. The Morgan fingerprint density at radius 1 is 1.13 bits per heavy atom. The van der Waals surface area contributed by atoms with Gasteiger partial charge in [0.1, 0.15) is 5.76 Å². The Bertz CT molecular complexity index is 952. The molecule has 166 valence electrons. The van der Waals surface area contributed by atoms with Gasteiger partial charge in [-0.3, -0.25) is 0 Å². The van der Waals surface area contributed by atoms with Crippen LogP contribution in [0.1, 0.15) is 33.1 Å². The van der Waals surface area contributed by atoms with Gasteiger partial charge >= 0.3 is 0 Å². The smallest absolute Gasteiger partial charge is 0.226 e. The SMILES string of the molecule is CC.CN(C)C1=CC(CO)=CCCC1.CNc1ccc(-c2cc3cccnc3o2)cc1. The maximum atomic E-state index is 8.98. The lowest BCUT2D eigenvalue weighted by Crippen LogP contribution is -2.11. The average Bonchev–Trinajstić information content (AvgIpc) is 3.10. The lowest BCUT2D eigenvalue weighted by atomic mass is 10.1. The minimum Gasteiger partial charge on any atom is -0.438 e. The molecule has 5 nitrogen and oxygen atoms in total. The van der Waals surface area contributed by atoms with Crippen molar-refractivity contribution in [1.29, 1.82) is 0 Å². The summed E-state index contributed by atoms with van der Waals surface area (Å²) in [4.78, 5) is 6.30. The summed E-state index contributed by atoms with van der Waals surface area (Å²) in [6.07, 6.45) is 9.34. The van der Waals surface area contributed by atoms with Crippen LogP contribution in [0.3, 0.4) is 0 Å². The van der Waals surface area contributed by atoms with Crippen molar-refractivity contribution in [2.75, 3.05) is 33.1 Å². The highest BCUT2D eigenvalue weighted by atomic mass is 16.3. The predicted octanol–water partition coefficient (Wildman–Crippen LogP) is 6.10. The van der Waals surface area contributed by atoms with Crippen molar-refractivity contribution in [1.82, 2.24) is 9.88 Å². The maximum absolute atomic E-state index is 8.98. The van der Waals surface area contributed by atoms with Crippen LogP contribution in [-0.4, -0.2) is 42.7 Å². The number of rotatable bonds is 4. The summed E-state index contributed by atoms with van der Waals surface area (Å²) in [5.74, 6) is 0.848. The number of anilines is 1. The van der Waals surface area contributed by atoms with Gasteiger partial charge in [0.25, 0.3) is 0 Å². The molecule has 0 aliphatic heterocycles. The number of aromatic nitrogens is 1. The molecule has 1 aliphatic rings. The van der Waals surface area contributed by atoms with Crippen molar-refractivity contribution in [2.45, 2.75) is 33.1 Å². The van der Waals surface area contributed by atoms with Crippen molar-refractivity contribution >= 4 is 16.8 Å². The molecule has 0 saturated carbocycles. The van der Waals surface area contributed by atoms with Gasteiger partial charge in [-0.1, -0.05) is 19.9 Å². The van der Waals surface area contributed by atoms with Crippen molar-refractivity contribution in [2.24, 2.45) is 0 Å². The topological polar surface area (TPSA) is 61.5 Å². The fourth-order valence-corrected chi connectivity index (χ4v) is 3.20. The third-order valence-corrected chi connectivity index (χ3v) is 4.90. The minimum atomic E-state index is 0.164. The van der Waals surface area contributed by atoms with E-state index in [4.69, 9.17) is 9.52 Å². The summed E-state index contributed by atoms with van der Waals surface area (Å²) < 4.78 is 5.70. The molecule has 5 heteroatoms. The van der Waals surface area contributed by atoms with E-state index in [1.54, 1.807) is 6.20 Å². The normalized spacial score (nSPS) is 13.0. The Morgan fingerprint density at radius 3 is 2.48 bits per heavy atom. The number of allylic oxidation sites excluding steroid dienone is 2. The van der Waals surface area contributed by atoms with Crippen LogP contribution in [0.2, 0.25) is 0 Å². The van der Waals surface area contributed by atoms with Crippen molar-refractivity contribution in [3.05, 3.63) is 72.1 Å². The van der Waals surface area contributed by atoms with Gasteiger partial charge in [-0.2, -0.15) is 0 Å². The van der Waals surface area contributed by atoms with E-state index in [1.165, 1.54) is 12.1 Å². The third-order valence-electron chi connectivity index (χ3n) is 4.90. The van der Waals surface area contributed by atoms with Crippen LogP contribution in [-0.2, 0) is 0 Å². The van der Waals surface area contributed by atoms with Gasteiger partial charge in [0.05, 0.1) is 6.61 Å². The predicted molar refractivity (Wildman–Crippen MR) is 131 cm³/mol. The molecule has 0 amide bonds. The molecule has 0 radical (unpaired) electrons. The van der Waals surface area contributed by atoms with E-state index in [-0.39, 0.29) is 6.61 Å². The maximum Gasteiger partial charge on any atom is 0.226 e. The van der Waals surface area contributed by atoms with Crippen LogP contribution in [0.4, 0.5) is 5.69 Å². The number of nitrogens with one attached hydrogen (secondary N) is 1. The van der Waals surface area contributed by atoms with Gasteiger partial charge in [0.15, 0.2) is 0 Å². The quantitative estimate of drug-likeness (QED) is 0.533. The third kappa shape index (κ3) is 7.00. The van der Waals surface area contributed by atoms with E-state index in [0.29, 0.717) is 5.71 Å². The monoisotopic (exact) mass is 421 g/mol. The van der Waals surface area contributed by atoms with Gasteiger partial charge in [-0.25, -0.2) is 4.98 Å². The molecule has 0 fully saturated rings. The van der Waals surface area contributed by atoms with E-state index >= 15 is 0 Å². The molecule has 0 saturated heterocycles. The Labute approximate surface area is 186 Å². The summed E-state index contributed by atoms with van der Waals surface area (Å²) in [7, 11) is 6.00. The van der Waals surface area contributed by atoms with Crippen molar-refractivity contribution in [3.63, 3.8) is 0 Å². The van der Waals surface area contributed by atoms with Crippen molar-refractivity contribution in [3.8, 4) is 11.3 Å². The minimum absolute atomic E-state index is 0.164. The van der Waals surface area contributed by atoms with Crippen LogP contribution < -0.4 is 5.32 Å². The Morgan fingerprint density at radius 2 is 1.87 bits per heavy atom. The van der Waals surface area contributed by atoms with Gasteiger partial charge in [-0.05, 0) is 73.4 Å². The summed E-state index contributed by atoms with van der Waals surface area (Å²) >= 11 is 0. The second kappa shape index (κ2) is 12.6. The second-order valence-corrected chi connectivity index (χ2v) is 7.20. The van der Waals surface area contributed by atoms with Crippen molar-refractivity contribution < 1.29 is 9.52 Å². The summed E-state index contributed by atoms with van der Waals surface area (Å²) in [6, 6.07) is 14.0. The molecule has 3 aromatic rings. The largest absolute Gasteiger partial charge is 0.438 e. The Balaban J connectivity index is 0.000000216. The first kappa shape index (κ1) is 24.2. The van der Waals surface area contributed by atoms with Gasteiger partial charge in [0, 0.05) is 49.7 Å². The standard InChI is InChI=1S/C14H12N2O.C10H17NO.C2H6/c1-15-12-6-4-10(5-7-12)13-9-11-3-2-8-16-14(11)17-13;1-11(2)10-6-4-3-5-9(7-10)8-12;1-2/h2-9,15H,1H3;5,7,12H,3-4,6,8H2,1-2H3;1-2H3. The molecule has 2 aromatic heterocycles. The summed E-state index contributed by atoms with van der Waals surface area (Å²) in [5.41, 5.74) is 5.19. The number of pyridine rings is 1. The number of hydrogen-bond donors (Lipinski definition) is 2. The lowest BCUT2D eigenvalue weighted by molar-refractivity contribution is 0.334. The summed E-state index contributed by atoms with van der Waals surface area (Å²) in [6.45, 7) is 4.16. The number of aliphatic hydroxyl groups excluding tert-OH is 1. The molecule has 1 aromatic carbocycles. The number of aliphatic hydroxyl groups is 1. The van der Waals surface area contributed by atoms with E-state index < -0.39 is 0 Å². The van der Waals surface area contributed by atoms with Gasteiger partial charge in [-0.15, -0.1) is 0 Å². The highest BCUT2D eigenvalue weighted by Gasteiger charge is 2.06. The number of furan rings is 1. The molecule has 4 rings (SSSR count). The number of nitrogens with zero attached hydrogens (tertiary/aromatic N) is 2. The number of benzene rings is 1. The molecule has 0 atom stereocenters. The summed E-state index contributed by atoms with van der Waals surface area (Å²) in [5, 5.41) is 13.1. The fraction of sp³-hybridized carbons (Fsp3) is 0.346. The van der Waals surface area contributed by atoms with Crippen LogP contribution in [0.5, 0.6) is 0 Å². The van der Waals surface area contributed by atoms with Crippen LogP contribution in [0, 0.1) is 0 Å². The molecule has 0 bridgehead atoms. The van der Waals surface area contributed by atoms with E-state index in [2.05, 4.69) is 27.4 Å². The zero-order chi connectivity index (χ0) is 22.6. The van der Waals surface area contributed by atoms with Crippen LogP contribution in [0.15, 0.2) is 76.5 Å². The highest BCUT2D eigenvalue weighted by Crippen LogP contribution is 2.27. The first-order chi connectivity index (χ1) is 15.1. The molecule has 1 aliphatic carbocycles. The molecule has 2 N–H and O–H groups in total. The van der Waals surface area contributed by atoms with Crippen LogP contribution >= 0.6 is 0 Å². The molecule has 0 unspecified atom stereocenters. The molecular formula is C26H35N3O2.